The predicted octanol–water partition coefficient (Wildman–Crippen LogP) is 7.42. The molecular formula is C30H45NO3. The molecule has 0 saturated carbocycles. The maximum absolute atomic E-state index is 13.2. The summed E-state index contributed by atoms with van der Waals surface area (Å²) in [5, 5.41) is 35.3. The molecule has 4 nitrogen and oxygen atoms in total. The van der Waals surface area contributed by atoms with Crippen LogP contribution in [0.2, 0.25) is 0 Å². The first-order chi connectivity index (χ1) is 15.1. The maximum atomic E-state index is 13.2. The van der Waals surface area contributed by atoms with Gasteiger partial charge in [-0.1, -0.05) is 95.2 Å². The van der Waals surface area contributed by atoms with Crippen molar-refractivity contribution in [1.29, 1.82) is 0 Å². The van der Waals surface area contributed by atoms with Gasteiger partial charge in [-0.25, -0.2) is 4.74 Å². The Morgan fingerprint density at radius 2 is 1.06 bits per heavy atom. The lowest BCUT2D eigenvalue weighted by molar-refractivity contribution is -0.469. The fraction of sp³-hybridized carbons (Fsp3) is 0.567. The number of hydrogen-bond acceptors (Lipinski definition) is 3. The minimum atomic E-state index is -0.275. The number of nitrogens with zero attached hydrogens (tertiary/aromatic N) is 1. The molecular weight excluding hydrogens is 422 g/mol. The van der Waals surface area contributed by atoms with Crippen molar-refractivity contribution in [3.8, 4) is 11.5 Å². The van der Waals surface area contributed by atoms with Crippen molar-refractivity contribution in [1.82, 2.24) is 0 Å². The summed E-state index contributed by atoms with van der Waals surface area (Å²) >= 11 is 0. The van der Waals surface area contributed by atoms with Crippen molar-refractivity contribution in [3.05, 3.63) is 62.9 Å². The second-order valence-electron chi connectivity index (χ2n) is 13.7. The average Bonchev–Trinajstić information content (AvgIpc) is 2.61. The summed E-state index contributed by atoms with van der Waals surface area (Å²) in [5.74, 6) is 0.294. The Labute approximate surface area is 206 Å². The lowest BCUT2D eigenvalue weighted by Gasteiger charge is -2.27. The summed E-state index contributed by atoms with van der Waals surface area (Å²) in [4.78, 5) is 0. The fourth-order valence-electron chi connectivity index (χ4n) is 3.95. The van der Waals surface area contributed by atoms with E-state index in [0.717, 1.165) is 27.0 Å². The smallest absolute Gasteiger partial charge is 0.185 e. The zero-order valence-corrected chi connectivity index (χ0v) is 23.3. The van der Waals surface area contributed by atoms with Crippen LogP contribution in [0.5, 0.6) is 11.5 Å². The molecule has 0 spiro atoms. The standard InChI is InChI=1S/C30H45NO3/c1-27(2,3)21-13-19(25(32)23(15-21)29(7,8)9)17-31(34)18-20-14-22(28(4,5)6)16-24(26(20)33)30(10,11)12/h13-17,32-33H,18H2,1-12H3/b31-17-. The molecule has 0 aromatic heterocycles. The number of phenols is 2. The Hall–Kier alpha value is -2.49. The molecule has 2 aromatic carbocycles. The van der Waals surface area contributed by atoms with Crippen LogP contribution in [0.4, 0.5) is 0 Å². The topological polar surface area (TPSA) is 66.5 Å². The van der Waals surface area contributed by atoms with Crippen LogP contribution in [0.25, 0.3) is 0 Å². The van der Waals surface area contributed by atoms with Crippen LogP contribution in [0, 0.1) is 5.21 Å². The van der Waals surface area contributed by atoms with Crippen LogP contribution < -0.4 is 0 Å². The molecule has 0 radical (unpaired) electrons. The number of hydroxylamine groups is 1. The summed E-state index contributed by atoms with van der Waals surface area (Å²) < 4.78 is 0.807. The van der Waals surface area contributed by atoms with Crippen LogP contribution in [0.15, 0.2) is 24.3 Å². The highest BCUT2D eigenvalue weighted by molar-refractivity contribution is 5.82. The van der Waals surface area contributed by atoms with Crippen LogP contribution in [0.1, 0.15) is 116 Å². The summed E-state index contributed by atoms with van der Waals surface area (Å²) in [6.45, 7) is 25.1. The minimum absolute atomic E-state index is 0.0110. The molecule has 0 unspecified atom stereocenters. The Bertz CT molecular complexity index is 1080. The number of rotatable bonds is 3. The first-order valence-electron chi connectivity index (χ1n) is 12.2. The molecule has 2 rings (SSSR count). The molecule has 0 saturated heterocycles. The van der Waals surface area contributed by atoms with E-state index in [2.05, 4.69) is 83.1 Å². The van der Waals surface area contributed by atoms with E-state index in [-0.39, 0.29) is 39.7 Å². The van der Waals surface area contributed by atoms with Crippen molar-refractivity contribution in [2.45, 2.75) is 111 Å². The summed E-state index contributed by atoms with van der Waals surface area (Å²) in [7, 11) is 0. The molecule has 0 amide bonds. The van der Waals surface area contributed by atoms with Crippen molar-refractivity contribution in [2.75, 3.05) is 0 Å². The Kier molecular flexibility index (Phi) is 7.30. The molecule has 4 heteroatoms. The summed E-state index contributed by atoms with van der Waals surface area (Å²) in [6.07, 6.45) is 1.44. The highest BCUT2D eigenvalue weighted by Crippen LogP contribution is 2.39. The van der Waals surface area contributed by atoms with Gasteiger partial charge in [0.1, 0.15) is 11.5 Å². The van der Waals surface area contributed by atoms with Gasteiger partial charge in [0, 0.05) is 11.1 Å². The van der Waals surface area contributed by atoms with Gasteiger partial charge in [0.15, 0.2) is 12.8 Å². The van der Waals surface area contributed by atoms with Gasteiger partial charge in [0.25, 0.3) is 0 Å². The van der Waals surface area contributed by atoms with Crippen molar-refractivity contribution >= 4 is 6.21 Å². The van der Waals surface area contributed by atoms with E-state index >= 15 is 0 Å². The highest BCUT2D eigenvalue weighted by atomic mass is 16.5. The minimum Gasteiger partial charge on any atom is -0.624 e. The van der Waals surface area contributed by atoms with Gasteiger partial charge < -0.3 is 15.4 Å². The van der Waals surface area contributed by atoms with Crippen molar-refractivity contribution in [2.24, 2.45) is 0 Å². The number of phenolic OH excluding ortho intramolecular Hbond substituents is 2. The molecule has 0 heterocycles. The molecule has 0 aliphatic carbocycles. The fourth-order valence-corrected chi connectivity index (χ4v) is 3.95. The summed E-state index contributed by atoms with van der Waals surface area (Å²) in [5.41, 5.74) is 4.06. The largest absolute Gasteiger partial charge is 0.624 e. The third-order valence-electron chi connectivity index (χ3n) is 6.29. The van der Waals surface area contributed by atoms with Gasteiger partial charge in [-0.15, -0.1) is 0 Å². The van der Waals surface area contributed by atoms with E-state index < -0.39 is 0 Å². The Morgan fingerprint density at radius 3 is 1.47 bits per heavy atom. The average molecular weight is 468 g/mol. The molecule has 0 atom stereocenters. The van der Waals surface area contributed by atoms with Crippen molar-refractivity contribution < 1.29 is 15.0 Å². The lowest BCUT2D eigenvalue weighted by atomic mass is 9.79. The van der Waals surface area contributed by atoms with Gasteiger partial charge in [-0.05, 0) is 44.9 Å². The Morgan fingerprint density at radius 1 is 0.647 bits per heavy atom. The first-order valence-corrected chi connectivity index (χ1v) is 12.2. The van der Waals surface area contributed by atoms with E-state index in [0.29, 0.717) is 11.1 Å². The van der Waals surface area contributed by atoms with Gasteiger partial charge in [0.2, 0.25) is 0 Å². The van der Waals surface area contributed by atoms with E-state index in [4.69, 9.17) is 0 Å². The monoisotopic (exact) mass is 467 g/mol. The van der Waals surface area contributed by atoms with Gasteiger partial charge >= 0.3 is 0 Å². The summed E-state index contributed by atoms with van der Waals surface area (Å²) in [6, 6.07) is 7.90. The van der Waals surface area contributed by atoms with Gasteiger partial charge in [-0.2, -0.15) is 0 Å². The second kappa shape index (κ2) is 8.94. The second-order valence-corrected chi connectivity index (χ2v) is 13.7. The lowest BCUT2D eigenvalue weighted by Crippen LogP contribution is -2.19. The van der Waals surface area contributed by atoms with Crippen LogP contribution >= 0.6 is 0 Å². The van der Waals surface area contributed by atoms with Crippen molar-refractivity contribution in [3.63, 3.8) is 0 Å². The normalized spacial score (nSPS) is 13.9. The van der Waals surface area contributed by atoms with Gasteiger partial charge in [0.05, 0.1) is 11.1 Å². The quantitative estimate of drug-likeness (QED) is 0.214. The molecule has 0 aliphatic heterocycles. The molecule has 2 aromatic rings. The zero-order chi connectivity index (χ0) is 26.4. The number of hydrogen-bond donors (Lipinski definition) is 2. The molecule has 2 N–H and O–H groups in total. The van der Waals surface area contributed by atoms with E-state index in [1.165, 1.54) is 6.21 Å². The maximum Gasteiger partial charge on any atom is 0.185 e. The molecule has 0 bridgehead atoms. The van der Waals surface area contributed by atoms with E-state index in [1.54, 1.807) is 0 Å². The van der Waals surface area contributed by atoms with Crippen LogP contribution in [-0.2, 0) is 28.2 Å². The SMILES string of the molecule is CC(C)(C)c1cc(/C=[N+](\[O-])Cc2cc(C(C)(C)C)cc(C(C)(C)C)c2O)c(O)c(C(C)(C)C)c1. The third-order valence-corrected chi connectivity index (χ3v) is 6.29. The van der Waals surface area contributed by atoms with Gasteiger partial charge in [-0.3, -0.25) is 0 Å². The Balaban J connectivity index is 2.66. The molecule has 0 aliphatic rings. The first kappa shape index (κ1) is 27.8. The van der Waals surface area contributed by atoms with E-state index in [9.17, 15) is 15.4 Å². The molecule has 34 heavy (non-hydrogen) atoms. The highest BCUT2D eigenvalue weighted by Gasteiger charge is 2.27. The zero-order valence-electron chi connectivity index (χ0n) is 23.3. The van der Waals surface area contributed by atoms with E-state index in [1.807, 2.05) is 24.3 Å². The molecule has 188 valence electrons. The number of aromatic hydroxyl groups is 2. The van der Waals surface area contributed by atoms with Crippen LogP contribution in [-0.4, -0.2) is 21.2 Å². The molecule has 0 fully saturated rings. The van der Waals surface area contributed by atoms with Crippen LogP contribution in [0.3, 0.4) is 0 Å². The third kappa shape index (κ3) is 6.34. The predicted molar refractivity (Wildman–Crippen MR) is 144 cm³/mol. The number of benzene rings is 2.